The average Bonchev–Trinajstić information content (AvgIpc) is 3.32. The van der Waals surface area contributed by atoms with Crippen LogP contribution in [0.25, 0.3) is 0 Å². The van der Waals surface area contributed by atoms with E-state index in [0.29, 0.717) is 32.4 Å². The molecule has 1 heterocycles. The highest BCUT2D eigenvalue weighted by Crippen LogP contribution is 2.11. The topological polar surface area (TPSA) is 226 Å². The minimum Gasteiger partial charge on any atom is -0.370 e. The number of amides is 1. The molecule has 2 rings (SSSR count). The highest BCUT2D eigenvalue weighted by atomic mass is 32.3. The van der Waals surface area contributed by atoms with Crippen molar-refractivity contribution in [2.45, 2.75) is 50.2 Å². The summed E-state index contributed by atoms with van der Waals surface area (Å²) in [5, 5.41) is 8.80. The first-order valence-electron chi connectivity index (χ1n) is 11.0. The molecule has 0 unspecified atom stereocenters. The Balaban J connectivity index is 0.00000111. The minimum absolute atomic E-state index is 0.0359. The third-order valence-electron chi connectivity index (χ3n) is 5.15. The minimum atomic E-state index is -4.67. The van der Waals surface area contributed by atoms with Gasteiger partial charge in [0.1, 0.15) is 0 Å². The molecule has 1 aliphatic heterocycles. The van der Waals surface area contributed by atoms with Crippen molar-refractivity contribution in [3.05, 3.63) is 35.9 Å². The van der Waals surface area contributed by atoms with Gasteiger partial charge in [0, 0.05) is 6.54 Å². The first-order chi connectivity index (χ1) is 16.4. The van der Waals surface area contributed by atoms with E-state index in [-0.39, 0.29) is 18.3 Å². The lowest BCUT2D eigenvalue weighted by molar-refractivity contribution is -0.140. The first-order valence-corrected chi connectivity index (χ1v) is 12.4. The molecule has 0 radical (unpaired) electrons. The summed E-state index contributed by atoms with van der Waals surface area (Å²) >= 11 is 0. The number of carbonyl (C=O) groups excluding carboxylic acids is 3. The fourth-order valence-electron chi connectivity index (χ4n) is 3.47. The predicted molar refractivity (Wildman–Crippen MR) is 130 cm³/mol. The maximum atomic E-state index is 12.9. The van der Waals surface area contributed by atoms with Crippen LogP contribution >= 0.6 is 0 Å². The van der Waals surface area contributed by atoms with Crippen LogP contribution in [0.3, 0.4) is 0 Å². The van der Waals surface area contributed by atoms with Crippen LogP contribution in [0.5, 0.6) is 0 Å². The Bertz CT molecular complexity index is 954. The number of hydrogen-bond acceptors (Lipinski definition) is 8. The van der Waals surface area contributed by atoms with Crippen LogP contribution in [0.1, 0.15) is 31.2 Å². The molecule has 1 aromatic rings. The molecule has 9 N–H and O–H groups in total. The number of aliphatic imine (C=N–C) groups is 1. The molecule has 3 atom stereocenters. The Morgan fingerprint density at radius 3 is 2.31 bits per heavy atom. The van der Waals surface area contributed by atoms with Crippen molar-refractivity contribution < 1.29 is 31.9 Å². The number of nitrogens with one attached hydrogen (secondary N) is 3. The number of benzene rings is 1. The van der Waals surface area contributed by atoms with Crippen LogP contribution in [0, 0.1) is 0 Å². The number of nitrogens with two attached hydrogens (primary N) is 2. The lowest BCUT2D eigenvalue weighted by Gasteiger charge is -2.22. The number of likely N-dealkylation sites (N-methyl/N-ethyl adjacent to an activating group) is 1. The van der Waals surface area contributed by atoms with Crippen LogP contribution in [-0.2, 0) is 31.2 Å². The van der Waals surface area contributed by atoms with E-state index in [2.05, 4.69) is 20.9 Å². The van der Waals surface area contributed by atoms with Crippen molar-refractivity contribution in [3.8, 4) is 0 Å². The van der Waals surface area contributed by atoms with Gasteiger partial charge in [0.25, 0.3) is 0 Å². The lowest BCUT2D eigenvalue weighted by Crippen LogP contribution is -2.53. The van der Waals surface area contributed by atoms with Crippen LogP contribution in [-0.4, -0.2) is 79.2 Å². The van der Waals surface area contributed by atoms with E-state index in [1.807, 2.05) is 30.3 Å². The van der Waals surface area contributed by atoms with Crippen LogP contribution in [0.15, 0.2) is 35.3 Å². The molecule has 13 nitrogen and oxygen atoms in total. The molecule has 1 aromatic carbocycles. The second-order valence-corrected chi connectivity index (χ2v) is 8.76. The van der Waals surface area contributed by atoms with Crippen molar-refractivity contribution in [2.24, 2.45) is 16.5 Å². The van der Waals surface area contributed by atoms with Crippen molar-refractivity contribution in [3.63, 3.8) is 0 Å². The van der Waals surface area contributed by atoms with Crippen LogP contribution in [0.2, 0.25) is 0 Å². The van der Waals surface area contributed by atoms with Gasteiger partial charge in [-0.15, -0.1) is 0 Å². The van der Waals surface area contributed by atoms with Crippen molar-refractivity contribution in [1.29, 1.82) is 0 Å². The fraction of sp³-hybridized carbons (Fsp3) is 0.524. The van der Waals surface area contributed by atoms with Gasteiger partial charge in [-0.05, 0) is 51.3 Å². The highest BCUT2D eigenvalue weighted by molar-refractivity contribution is 7.79. The van der Waals surface area contributed by atoms with E-state index < -0.39 is 40.1 Å². The number of guanidine groups is 1. The lowest BCUT2D eigenvalue weighted by atomic mass is 9.97. The van der Waals surface area contributed by atoms with E-state index >= 15 is 0 Å². The summed E-state index contributed by atoms with van der Waals surface area (Å²) in [5.41, 5.74) is 11.7. The van der Waals surface area contributed by atoms with E-state index in [1.54, 1.807) is 7.05 Å². The maximum absolute atomic E-state index is 12.9. The monoisotopic (exact) mass is 514 g/mol. The normalized spacial score (nSPS) is 16.8. The summed E-state index contributed by atoms with van der Waals surface area (Å²) in [6.45, 7) is 1.03. The van der Waals surface area contributed by atoms with E-state index in [9.17, 15) is 14.4 Å². The number of carbonyl (C=O) groups is 3. The zero-order valence-electron chi connectivity index (χ0n) is 19.5. The van der Waals surface area contributed by atoms with Crippen LogP contribution < -0.4 is 27.4 Å². The molecule has 1 amide bonds. The Hall–Kier alpha value is -2.91. The molecule has 0 aliphatic carbocycles. The van der Waals surface area contributed by atoms with E-state index in [1.165, 1.54) is 0 Å². The Morgan fingerprint density at radius 2 is 1.80 bits per heavy atom. The van der Waals surface area contributed by atoms with Gasteiger partial charge >= 0.3 is 10.4 Å². The predicted octanol–water partition coefficient (Wildman–Crippen LogP) is -1.41. The molecule has 14 heteroatoms. The van der Waals surface area contributed by atoms with Gasteiger partial charge in [-0.1, -0.05) is 30.3 Å². The molecule has 35 heavy (non-hydrogen) atoms. The van der Waals surface area contributed by atoms with Gasteiger partial charge in [0.15, 0.2) is 5.96 Å². The molecular formula is C21H34N6O7S. The second kappa shape index (κ2) is 15.2. The molecule has 1 fully saturated rings. The SMILES string of the molecule is CN[C@H](Cc1ccccc1)C(=O)N[C@H](CCCN=C(N)N)C(=O)C(=O)[C@@H]1CCCN1.O=S(=O)(O)O. The average molecular weight is 515 g/mol. The third-order valence-corrected chi connectivity index (χ3v) is 5.15. The quantitative estimate of drug-likeness (QED) is 0.0563. The third kappa shape index (κ3) is 12.9. The van der Waals surface area contributed by atoms with E-state index in [4.69, 9.17) is 29.0 Å². The fourth-order valence-corrected chi connectivity index (χ4v) is 3.47. The summed E-state index contributed by atoms with van der Waals surface area (Å²) in [6.07, 6.45) is 2.69. The van der Waals surface area contributed by atoms with Crippen molar-refractivity contribution in [1.82, 2.24) is 16.0 Å². The van der Waals surface area contributed by atoms with Gasteiger partial charge in [-0.25, -0.2) is 0 Å². The van der Waals surface area contributed by atoms with Crippen molar-refractivity contribution in [2.75, 3.05) is 20.1 Å². The molecule has 0 aromatic heterocycles. The van der Waals surface area contributed by atoms with Gasteiger partial charge in [-0.3, -0.25) is 28.5 Å². The summed E-state index contributed by atoms with van der Waals surface area (Å²) in [6, 6.07) is 7.68. The number of nitrogens with zero attached hydrogens (tertiary/aromatic N) is 1. The van der Waals surface area contributed by atoms with Gasteiger partial charge in [0.05, 0.1) is 18.1 Å². The Labute approximate surface area is 204 Å². The second-order valence-electron chi connectivity index (χ2n) is 7.87. The van der Waals surface area contributed by atoms with Gasteiger partial charge in [0.2, 0.25) is 17.5 Å². The molecule has 196 valence electrons. The Kier molecular flexibility index (Phi) is 13.0. The summed E-state index contributed by atoms with van der Waals surface area (Å²) in [5.74, 6) is -1.43. The summed E-state index contributed by atoms with van der Waals surface area (Å²) in [4.78, 5) is 42.2. The number of Topliss-reactive ketones (excluding diaryl/α,β-unsaturated/α-hetero) is 2. The van der Waals surface area contributed by atoms with E-state index in [0.717, 1.165) is 12.0 Å². The number of rotatable bonds is 12. The molecular weight excluding hydrogens is 480 g/mol. The van der Waals surface area contributed by atoms with Gasteiger partial charge < -0.3 is 27.4 Å². The molecule has 0 spiro atoms. The summed E-state index contributed by atoms with van der Waals surface area (Å²) in [7, 11) is -2.98. The Morgan fingerprint density at radius 1 is 1.17 bits per heavy atom. The largest absolute Gasteiger partial charge is 0.394 e. The number of hydrogen-bond donors (Lipinski definition) is 7. The summed E-state index contributed by atoms with van der Waals surface area (Å²) < 4.78 is 31.6. The standard InChI is InChI=1S/C21H32N6O3.H2O4S/c1-24-17(13-14-7-3-2-4-8-14)20(30)27-16(10-6-12-26-21(22)23)19(29)18(28)15-9-5-11-25-15;1-5(2,3)4/h2-4,7-8,15-17,24-25H,5-6,9-13H2,1H3,(H,27,30)(H4,22,23,26);(H2,1,2,3,4)/t15-,16+,17+;/m0./s1. The smallest absolute Gasteiger partial charge is 0.370 e. The highest BCUT2D eigenvalue weighted by Gasteiger charge is 2.34. The first kappa shape index (κ1) is 30.1. The zero-order valence-corrected chi connectivity index (χ0v) is 20.3. The number of ketones is 2. The van der Waals surface area contributed by atoms with Crippen molar-refractivity contribution >= 4 is 33.8 Å². The molecule has 0 bridgehead atoms. The maximum Gasteiger partial charge on any atom is 0.394 e. The van der Waals surface area contributed by atoms with Gasteiger partial charge in [-0.2, -0.15) is 8.42 Å². The van der Waals surface area contributed by atoms with Crippen LogP contribution in [0.4, 0.5) is 0 Å². The molecule has 0 saturated carbocycles. The molecule has 1 saturated heterocycles. The zero-order chi connectivity index (χ0) is 26.4. The molecule has 1 aliphatic rings.